The first-order valence-electron chi connectivity index (χ1n) is 10.1. The fraction of sp³-hybridized carbons (Fsp3) is 0.619. The lowest BCUT2D eigenvalue weighted by Crippen LogP contribution is -2.45. The number of amides is 1. The van der Waals surface area contributed by atoms with Gasteiger partial charge < -0.3 is 20.3 Å². The van der Waals surface area contributed by atoms with Gasteiger partial charge in [0.1, 0.15) is 6.54 Å². The highest BCUT2D eigenvalue weighted by atomic mass is 32.2. The molecule has 6 nitrogen and oxygen atoms in total. The molecule has 1 unspecified atom stereocenters. The molecule has 2 fully saturated rings. The largest absolute Gasteiger partial charge is 0.376 e. The van der Waals surface area contributed by atoms with Crippen LogP contribution in [0.2, 0.25) is 0 Å². The molecular formula is C21H32N4O2S. The van der Waals surface area contributed by atoms with E-state index in [2.05, 4.69) is 39.9 Å². The summed E-state index contributed by atoms with van der Waals surface area (Å²) in [4.78, 5) is 19.3. The van der Waals surface area contributed by atoms with Crippen LogP contribution in [-0.4, -0.2) is 68.0 Å². The Hall–Kier alpha value is -1.73. The van der Waals surface area contributed by atoms with Crippen LogP contribution in [0, 0.1) is 0 Å². The molecule has 1 saturated heterocycles. The van der Waals surface area contributed by atoms with Crippen molar-refractivity contribution in [1.29, 1.82) is 0 Å². The summed E-state index contributed by atoms with van der Waals surface area (Å²) in [5, 5.41) is 6.85. The Morgan fingerprint density at radius 3 is 2.68 bits per heavy atom. The van der Waals surface area contributed by atoms with Crippen molar-refractivity contribution in [3.63, 3.8) is 0 Å². The summed E-state index contributed by atoms with van der Waals surface area (Å²) in [5.74, 6) is 0.694. The van der Waals surface area contributed by atoms with Crippen LogP contribution in [0.1, 0.15) is 32.1 Å². The van der Waals surface area contributed by atoms with E-state index >= 15 is 0 Å². The number of likely N-dealkylation sites (N-methyl/N-ethyl adjacent to an activating group) is 1. The Morgan fingerprint density at radius 1 is 1.25 bits per heavy atom. The van der Waals surface area contributed by atoms with E-state index in [1.165, 1.54) is 24.2 Å². The Labute approximate surface area is 172 Å². The molecule has 1 amide bonds. The zero-order chi connectivity index (χ0) is 19.8. The maximum Gasteiger partial charge on any atom is 0.243 e. The molecule has 1 aromatic carbocycles. The predicted molar refractivity (Wildman–Crippen MR) is 115 cm³/mol. The van der Waals surface area contributed by atoms with E-state index < -0.39 is 0 Å². The van der Waals surface area contributed by atoms with Crippen LogP contribution < -0.4 is 10.6 Å². The highest BCUT2D eigenvalue weighted by Crippen LogP contribution is 2.51. The molecule has 1 heterocycles. The second-order valence-corrected chi connectivity index (χ2v) is 9.32. The van der Waals surface area contributed by atoms with Crippen LogP contribution in [0.5, 0.6) is 0 Å². The summed E-state index contributed by atoms with van der Waals surface area (Å²) in [5.41, 5.74) is 0. The number of rotatable bonds is 8. The van der Waals surface area contributed by atoms with Gasteiger partial charge >= 0.3 is 0 Å². The van der Waals surface area contributed by atoms with Crippen LogP contribution in [-0.2, 0) is 9.53 Å². The van der Waals surface area contributed by atoms with Gasteiger partial charge in [-0.05, 0) is 44.2 Å². The quantitative estimate of drug-likeness (QED) is 0.515. The SMILES string of the molecule is CN(C)C(=O)CN=C(NCC1CCCCO1)NCC1(Sc2ccccc2)CC1. The summed E-state index contributed by atoms with van der Waals surface area (Å²) in [6.45, 7) is 2.54. The lowest BCUT2D eigenvalue weighted by molar-refractivity contribution is -0.127. The molecule has 0 spiro atoms. The Morgan fingerprint density at radius 2 is 2.04 bits per heavy atom. The number of thioether (sulfide) groups is 1. The van der Waals surface area contributed by atoms with Gasteiger partial charge in [-0.15, -0.1) is 11.8 Å². The summed E-state index contributed by atoms with van der Waals surface area (Å²) >= 11 is 1.93. The minimum Gasteiger partial charge on any atom is -0.376 e. The zero-order valence-corrected chi connectivity index (χ0v) is 17.8. The number of benzene rings is 1. The summed E-state index contributed by atoms with van der Waals surface area (Å²) in [6, 6.07) is 10.5. The maximum absolute atomic E-state index is 11.9. The number of carbonyl (C=O) groups excluding carboxylic acids is 1. The number of hydrogen-bond donors (Lipinski definition) is 2. The number of hydrogen-bond acceptors (Lipinski definition) is 4. The van der Waals surface area contributed by atoms with E-state index in [9.17, 15) is 4.79 Å². The average Bonchev–Trinajstić information content (AvgIpc) is 3.48. The van der Waals surface area contributed by atoms with Crippen molar-refractivity contribution in [3.05, 3.63) is 30.3 Å². The molecule has 1 aromatic rings. The highest BCUT2D eigenvalue weighted by molar-refractivity contribution is 8.01. The highest BCUT2D eigenvalue weighted by Gasteiger charge is 2.43. The fourth-order valence-corrected chi connectivity index (χ4v) is 4.32. The average molecular weight is 405 g/mol. The van der Waals surface area contributed by atoms with E-state index in [0.717, 1.165) is 32.5 Å². The normalized spacial score (nSPS) is 21.1. The molecule has 0 bridgehead atoms. The molecule has 7 heteroatoms. The van der Waals surface area contributed by atoms with E-state index in [1.54, 1.807) is 19.0 Å². The summed E-state index contributed by atoms with van der Waals surface area (Å²) < 4.78 is 6.02. The van der Waals surface area contributed by atoms with Crippen molar-refractivity contribution in [3.8, 4) is 0 Å². The van der Waals surface area contributed by atoms with E-state index in [-0.39, 0.29) is 23.3 Å². The van der Waals surface area contributed by atoms with Crippen molar-refractivity contribution in [2.45, 2.75) is 47.9 Å². The molecule has 0 radical (unpaired) electrons. The van der Waals surface area contributed by atoms with Gasteiger partial charge in [0.25, 0.3) is 0 Å². The number of guanidine groups is 1. The Balaban J connectivity index is 1.54. The van der Waals surface area contributed by atoms with Crippen molar-refractivity contribution in [2.75, 3.05) is 40.3 Å². The minimum absolute atomic E-state index is 0.00480. The van der Waals surface area contributed by atoms with Crippen LogP contribution in [0.4, 0.5) is 0 Å². The van der Waals surface area contributed by atoms with Gasteiger partial charge in [-0.25, -0.2) is 4.99 Å². The molecule has 28 heavy (non-hydrogen) atoms. The molecule has 2 aliphatic rings. The minimum atomic E-state index is -0.00480. The topological polar surface area (TPSA) is 66.0 Å². The number of ether oxygens (including phenoxy) is 1. The van der Waals surface area contributed by atoms with Gasteiger partial charge in [0, 0.05) is 43.4 Å². The summed E-state index contributed by atoms with van der Waals surface area (Å²) in [6.07, 6.45) is 6.03. The number of carbonyl (C=O) groups is 1. The van der Waals surface area contributed by atoms with Crippen LogP contribution >= 0.6 is 11.8 Å². The number of aliphatic imine (C=N–C) groups is 1. The molecule has 3 rings (SSSR count). The lowest BCUT2D eigenvalue weighted by atomic mass is 10.1. The number of nitrogens with one attached hydrogen (secondary N) is 2. The van der Waals surface area contributed by atoms with Crippen molar-refractivity contribution in [1.82, 2.24) is 15.5 Å². The zero-order valence-electron chi connectivity index (χ0n) is 16.9. The molecule has 154 valence electrons. The standard InChI is InChI=1S/C21H32N4O2S/c1-25(2)19(26)15-23-20(22-14-17-8-6-7-13-27-17)24-16-21(11-12-21)28-18-9-4-3-5-10-18/h3-5,9-10,17H,6-8,11-16H2,1-2H3,(H2,22,23,24). The third-order valence-electron chi connectivity index (χ3n) is 5.11. The molecule has 1 saturated carbocycles. The molecule has 1 aliphatic carbocycles. The van der Waals surface area contributed by atoms with Gasteiger partial charge in [-0.2, -0.15) is 0 Å². The number of nitrogens with zero attached hydrogens (tertiary/aromatic N) is 2. The first kappa shape index (κ1) is 21.0. The predicted octanol–water partition coefficient (Wildman–Crippen LogP) is 2.50. The van der Waals surface area contributed by atoms with Gasteiger partial charge in [-0.3, -0.25) is 4.79 Å². The Bertz CT molecular complexity index is 656. The van der Waals surface area contributed by atoms with E-state index in [0.29, 0.717) is 5.96 Å². The smallest absolute Gasteiger partial charge is 0.243 e. The third kappa shape index (κ3) is 6.71. The van der Waals surface area contributed by atoms with Gasteiger partial charge in [-0.1, -0.05) is 18.2 Å². The monoisotopic (exact) mass is 404 g/mol. The fourth-order valence-electron chi connectivity index (χ4n) is 3.08. The van der Waals surface area contributed by atoms with Gasteiger partial charge in [0.2, 0.25) is 5.91 Å². The molecule has 0 aromatic heterocycles. The van der Waals surface area contributed by atoms with Crippen molar-refractivity contribution in [2.24, 2.45) is 4.99 Å². The van der Waals surface area contributed by atoms with Crippen LogP contribution in [0.25, 0.3) is 0 Å². The first-order valence-corrected chi connectivity index (χ1v) is 11.0. The van der Waals surface area contributed by atoms with E-state index in [1.807, 2.05) is 17.8 Å². The van der Waals surface area contributed by atoms with Crippen LogP contribution in [0.3, 0.4) is 0 Å². The third-order valence-corrected chi connectivity index (χ3v) is 6.60. The first-order chi connectivity index (χ1) is 13.6. The maximum atomic E-state index is 11.9. The molecular weight excluding hydrogens is 372 g/mol. The van der Waals surface area contributed by atoms with Crippen molar-refractivity contribution >= 4 is 23.6 Å². The molecule has 1 atom stereocenters. The van der Waals surface area contributed by atoms with E-state index in [4.69, 9.17) is 4.74 Å². The Kier molecular flexibility index (Phi) is 7.62. The second kappa shape index (κ2) is 10.2. The lowest BCUT2D eigenvalue weighted by Gasteiger charge is -2.24. The van der Waals surface area contributed by atoms with Crippen molar-refractivity contribution < 1.29 is 9.53 Å². The van der Waals surface area contributed by atoms with Gasteiger partial charge in [0.05, 0.1) is 6.10 Å². The van der Waals surface area contributed by atoms with Crippen LogP contribution in [0.15, 0.2) is 40.2 Å². The van der Waals surface area contributed by atoms with Gasteiger partial charge in [0.15, 0.2) is 5.96 Å². The molecule has 2 N–H and O–H groups in total. The second-order valence-electron chi connectivity index (χ2n) is 7.77. The summed E-state index contributed by atoms with van der Waals surface area (Å²) in [7, 11) is 3.51. The molecule has 1 aliphatic heterocycles.